The lowest BCUT2D eigenvalue weighted by Gasteiger charge is -2.24. The summed E-state index contributed by atoms with van der Waals surface area (Å²) in [5.74, 6) is 2.55. The molecule has 0 amide bonds. The van der Waals surface area contributed by atoms with Crippen LogP contribution in [0.4, 0.5) is 11.5 Å². The van der Waals surface area contributed by atoms with E-state index in [2.05, 4.69) is 15.1 Å². The lowest BCUT2D eigenvalue weighted by Crippen LogP contribution is -2.15. The number of methoxy groups -OCH3 is 2. The minimum atomic E-state index is 0.499. The minimum absolute atomic E-state index is 0.499. The van der Waals surface area contributed by atoms with E-state index in [0.29, 0.717) is 6.04 Å². The van der Waals surface area contributed by atoms with Crippen LogP contribution in [0.2, 0.25) is 0 Å². The van der Waals surface area contributed by atoms with Crippen LogP contribution in [0.3, 0.4) is 0 Å². The Labute approximate surface area is 131 Å². The van der Waals surface area contributed by atoms with Crippen LogP contribution in [0.25, 0.3) is 0 Å². The molecule has 1 aliphatic carbocycles. The highest BCUT2D eigenvalue weighted by Gasteiger charge is 2.18. The van der Waals surface area contributed by atoms with Crippen LogP contribution in [0.5, 0.6) is 11.5 Å². The van der Waals surface area contributed by atoms with E-state index in [1.165, 1.54) is 32.1 Å². The molecular weight excluding hydrogens is 278 g/mol. The molecule has 22 heavy (non-hydrogen) atoms. The predicted octanol–water partition coefficient (Wildman–Crippen LogP) is 4.15. The first-order chi connectivity index (χ1) is 10.8. The van der Waals surface area contributed by atoms with Gasteiger partial charge in [-0.15, -0.1) is 0 Å². The fraction of sp³-hybridized carbons (Fsp3) is 0.471. The van der Waals surface area contributed by atoms with E-state index in [1.54, 1.807) is 14.2 Å². The topological polar surface area (TPSA) is 48.3 Å². The zero-order chi connectivity index (χ0) is 15.4. The summed E-state index contributed by atoms with van der Waals surface area (Å²) in [4.78, 5) is 0. The van der Waals surface area contributed by atoms with Gasteiger partial charge in [-0.3, -0.25) is 0 Å². The summed E-state index contributed by atoms with van der Waals surface area (Å²) in [5.41, 5.74) is 0.939. The van der Waals surface area contributed by atoms with E-state index < -0.39 is 0 Å². The Balaban J connectivity index is 1.83. The second-order valence-electron chi connectivity index (χ2n) is 5.68. The van der Waals surface area contributed by atoms with Crippen LogP contribution in [-0.4, -0.2) is 24.0 Å². The van der Waals surface area contributed by atoms with Crippen molar-refractivity contribution in [3.8, 4) is 11.5 Å². The van der Waals surface area contributed by atoms with Crippen LogP contribution in [0, 0.1) is 0 Å². The molecule has 0 spiro atoms. The standard InChI is InChI=1S/C17H23N3O2/c1-21-15-10-13(11-16(12-15)22-2)19-17-8-9-18-20(17)14-6-4-3-5-7-14/h8-12,14,19H,3-7H2,1-2H3. The van der Waals surface area contributed by atoms with Crippen molar-refractivity contribution in [1.82, 2.24) is 9.78 Å². The zero-order valence-corrected chi connectivity index (χ0v) is 13.2. The number of anilines is 2. The highest BCUT2D eigenvalue weighted by molar-refractivity contribution is 5.61. The van der Waals surface area contributed by atoms with Crippen molar-refractivity contribution < 1.29 is 9.47 Å². The van der Waals surface area contributed by atoms with Crippen LogP contribution < -0.4 is 14.8 Å². The second-order valence-corrected chi connectivity index (χ2v) is 5.68. The monoisotopic (exact) mass is 301 g/mol. The maximum atomic E-state index is 5.32. The van der Waals surface area contributed by atoms with Crippen molar-refractivity contribution >= 4 is 11.5 Å². The summed E-state index contributed by atoms with van der Waals surface area (Å²) in [6.07, 6.45) is 8.19. The maximum absolute atomic E-state index is 5.32. The first kappa shape index (κ1) is 14.8. The van der Waals surface area contributed by atoms with Crippen LogP contribution >= 0.6 is 0 Å². The first-order valence-electron chi connectivity index (χ1n) is 7.84. The van der Waals surface area contributed by atoms with Gasteiger partial charge in [0, 0.05) is 30.0 Å². The van der Waals surface area contributed by atoms with Crippen LogP contribution in [0.15, 0.2) is 30.5 Å². The molecule has 0 radical (unpaired) electrons. The highest BCUT2D eigenvalue weighted by Crippen LogP contribution is 2.32. The molecule has 1 aliphatic rings. The largest absolute Gasteiger partial charge is 0.497 e. The normalized spacial score (nSPS) is 15.5. The third-order valence-electron chi connectivity index (χ3n) is 4.21. The number of hydrogen-bond acceptors (Lipinski definition) is 4. The smallest absolute Gasteiger partial charge is 0.128 e. The third-order valence-corrected chi connectivity index (χ3v) is 4.21. The number of nitrogens with zero attached hydrogens (tertiary/aromatic N) is 2. The molecule has 0 unspecified atom stereocenters. The number of ether oxygens (including phenoxy) is 2. The van der Waals surface area contributed by atoms with Crippen LogP contribution in [0.1, 0.15) is 38.1 Å². The average molecular weight is 301 g/mol. The highest BCUT2D eigenvalue weighted by atomic mass is 16.5. The number of aromatic nitrogens is 2. The lowest BCUT2D eigenvalue weighted by molar-refractivity contribution is 0.333. The summed E-state index contributed by atoms with van der Waals surface area (Å²) in [5, 5.41) is 7.95. The van der Waals surface area contributed by atoms with E-state index in [1.807, 2.05) is 30.5 Å². The molecule has 3 rings (SSSR count). The number of rotatable bonds is 5. The molecule has 1 aromatic carbocycles. The summed E-state index contributed by atoms with van der Waals surface area (Å²) >= 11 is 0. The quantitative estimate of drug-likeness (QED) is 0.901. The van der Waals surface area contributed by atoms with Gasteiger partial charge in [0.25, 0.3) is 0 Å². The Morgan fingerprint density at radius 1 is 1.05 bits per heavy atom. The molecule has 0 saturated heterocycles. The van der Waals surface area contributed by atoms with Crippen molar-refractivity contribution in [1.29, 1.82) is 0 Å². The van der Waals surface area contributed by atoms with Crippen molar-refractivity contribution in [3.63, 3.8) is 0 Å². The maximum Gasteiger partial charge on any atom is 0.128 e. The Morgan fingerprint density at radius 3 is 2.36 bits per heavy atom. The van der Waals surface area contributed by atoms with Gasteiger partial charge in [-0.05, 0) is 12.8 Å². The van der Waals surface area contributed by atoms with E-state index in [9.17, 15) is 0 Å². The third kappa shape index (κ3) is 3.18. The Kier molecular flexibility index (Phi) is 4.51. The molecule has 1 fully saturated rings. The van der Waals surface area contributed by atoms with Crippen molar-refractivity contribution in [2.45, 2.75) is 38.1 Å². The fourth-order valence-electron chi connectivity index (χ4n) is 3.06. The van der Waals surface area contributed by atoms with Crippen molar-refractivity contribution in [2.75, 3.05) is 19.5 Å². The molecular formula is C17H23N3O2. The van der Waals surface area contributed by atoms with E-state index in [-0.39, 0.29) is 0 Å². The van der Waals surface area contributed by atoms with Gasteiger partial charge >= 0.3 is 0 Å². The molecule has 5 nitrogen and oxygen atoms in total. The summed E-state index contributed by atoms with van der Waals surface area (Å²) < 4.78 is 12.8. The summed E-state index contributed by atoms with van der Waals surface area (Å²) in [6, 6.07) is 8.30. The molecule has 1 aromatic heterocycles. The zero-order valence-electron chi connectivity index (χ0n) is 13.2. The summed E-state index contributed by atoms with van der Waals surface area (Å²) in [7, 11) is 3.32. The Morgan fingerprint density at radius 2 is 1.73 bits per heavy atom. The van der Waals surface area contributed by atoms with Crippen LogP contribution in [-0.2, 0) is 0 Å². The Bertz CT molecular complexity index is 596. The lowest BCUT2D eigenvalue weighted by atomic mass is 9.96. The molecule has 0 bridgehead atoms. The van der Waals surface area contributed by atoms with Gasteiger partial charge in [0.05, 0.1) is 26.5 Å². The minimum Gasteiger partial charge on any atom is -0.497 e. The van der Waals surface area contributed by atoms with Gasteiger partial charge in [-0.25, -0.2) is 4.68 Å². The van der Waals surface area contributed by atoms with Crippen molar-refractivity contribution in [2.24, 2.45) is 0 Å². The van der Waals surface area contributed by atoms with Gasteiger partial charge in [-0.2, -0.15) is 5.10 Å². The number of hydrogen-bond donors (Lipinski definition) is 1. The second kappa shape index (κ2) is 6.73. The van der Waals surface area contributed by atoms with E-state index in [0.717, 1.165) is 23.0 Å². The molecule has 118 valence electrons. The molecule has 1 heterocycles. The van der Waals surface area contributed by atoms with Gasteiger partial charge in [-0.1, -0.05) is 19.3 Å². The van der Waals surface area contributed by atoms with Gasteiger partial charge in [0.2, 0.25) is 0 Å². The van der Waals surface area contributed by atoms with Gasteiger partial charge in [0.1, 0.15) is 17.3 Å². The molecule has 0 atom stereocenters. The molecule has 5 heteroatoms. The molecule has 1 saturated carbocycles. The van der Waals surface area contributed by atoms with E-state index in [4.69, 9.17) is 9.47 Å². The average Bonchev–Trinajstić information content (AvgIpc) is 3.03. The number of benzene rings is 1. The molecule has 0 aliphatic heterocycles. The fourth-order valence-corrected chi connectivity index (χ4v) is 3.06. The Hall–Kier alpha value is -2.17. The molecule has 2 aromatic rings. The summed E-state index contributed by atoms with van der Waals surface area (Å²) in [6.45, 7) is 0. The van der Waals surface area contributed by atoms with Crippen molar-refractivity contribution in [3.05, 3.63) is 30.5 Å². The molecule has 1 N–H and O–H groups in total. The number of nitrogens with one attached hydrogen (secondary N) is 1. The first-order valence-corrected chi connectivity index (χ1v) is 7.84. The van der Waals surface area contributed by atoms with Gasteiger partial charge in [0.15, 0.2) is 0 Å². The SMILES string of the molecule is COc1cc(Nc2ccnn2C2CCCCC2)cc(OC)c1. The van der Waals surface area contributed by atoms with E-state index >= 15 is 0 Å². The predicted molar refractivity (Wildman–Crippen MR) is 87.2 cm³/mol. The van der Waals surface area contributed by atoms with Gasteiger partial charge < -0.3 is 14.8 Å².